The molecule has 0 bridgehead atoms. The Kier molecular flexibility index (Phi) is 6.42. The van der Waals surface area contributed by atoms with E-state index in [1.807, 2.05) is 0 Å². The predicted molar refractivity (Wildman–Crippen MR) is 74.8 cm³/mol. The summed E-state index contributed by atoms with van der Waals surface area (Å²) in [5.74, 6) is 0. The largest absolute Gasteiger partial charge is 0.0910 e. The molecule has 2 rings (SSSR count). The van der Waals surface area contributed by atoms with Crippen molar-refractivity contribution in [1.29, 1.82) is 0 Å². The Balaban J connectivity index is 1.69. The van der Waals surface area contributed by atoms with Gasteiger partial charge in [-0.15, -0.1) is 0 Å². The lowest BCUT2D eigenvalue weighted by Gasteiger charge is -2.22. The molecular weight excluding hydrogens is 331 g/mol. The molecule has 22 radical (unpaired) electrons. The summed E-state index contributed by atoms with van der Waals surface area (Å²) >= 11 is 0. The minimum Gasteiger partial charge on any atom is -0.0521 e. The quantitative estimate of drug-likeness (QED) is 0.445. The highest BCUT2D eigenvalue weighted by atomic mass is 29.8. The van der Waals surface area contributed by atoms with Gasteiger partial charge >= 0.3 is 0 Å². The molecule has 0 aromatic carbocycles. The van der Waals surface area contributed by atoms with Gasteiger partial charge in [-0.1, -0.05) is 9.26 Å². The van der Waals surface area contributed by atoms with Crippen LogP contribution in [0.1, 0.15) is 0 Å². The topological polar surface area (TPSA) is 0 Å². The third kappa shape index (κ3) is 4.49. The smallest absolute Gasteiger partial charge is 0.0521 e. The second-order valence-corrected chi connectivity index (χ2v) is 33.7. The molecule has 0 amide bonds. The van der Waals surface area contributed by atoms with Gasteiger partial charge in [-0.05, 0) is 87.0 Å². The zero-order valence-corrected chi connectivity index (χ0v) is 17.7. The molecule has 0 spiro atoms. The van der Waals surface area contributed by atoms with Gasteiger partial charge in [0.15, 0.2) is 0 Å². The summed E-state index contributed by atoms with van der Waals surface area (Å²) in [5, 5.41) is 0. The summed E-state index contributed by atoms with van der Waals surface area (Å²) in [6, 6.07) is 0. The first-order valence-electron chi connectivity index (χ1n) is 3.73. The van der Waals surface area contributed by atoms with Gasteiger partial charge in [0, 0.05) is 0 Å². The lowest BCUT2D eigenvalue weighted by molar-refractivity contribution is 3.52. The van der Waals surface area contributed by atoms with Crippen LogP contribution in [0.15, 0.2) is 0 Å². The monoisotopic (exact) mass is 330 g/mol. The first kappa shape index (κ1) is 12.0. The molecule has 13 heteroatoms. The van der Waals surface area contributed by atoms with E-state index >= 15 is 0 Å². The molecule has 50 valence electrons. The maximum atomic E-state index is 1.42. The Morgan fingerprint density at radius 1 is 0.538 bits per heavy atom. The lowest BCUT2D eigenvalue weighted by Crippen LogP contribution is -2.62. The number of rotatable bonds is 2. The van der Waals surface area contributed by atoms with Crippen LogP contribution in [0.25, 0.3) is 0 Å². The molecule has 13 heavy (non-hydrogen) atoms. The molecule has 0 aliphatic carbocycles. The van der Waals surface area contributed by atoms with Crippen LogP contribution in [0.2, 0.25) is 0 Å². The van der Waals surface area contributed by atoms with Gasteiger partial charge in [0.2, 0.25) is 0 Å². The van der Waals surface area contributed by atoms with Crippen molar-refractivity contribution in [2.45, 2.75) is 0 Å². The fourth-order valence-electron chi connectivity index (χ4n) is 0.901. The van der Waals surface area contributed by atoms with Gasteiger partial charge in [-0.25, -0.2) is 0 Å². The molecule has 2 fully saturated rings. The Morgan fingerprint density at radius 2 is 0.923 bits per heavy atom. The summed E-state index contributed by atoms with van der Waals surface area (Å²) < 4.78 is 0. The zero-order chi connectivity index (χ0) is 8.93. The van der Waals surface area contributed by atoms with E-state index in [1.54, 1.807) is 0 Å². The van der Waals surface area contributed by atoms with Crippen LogP contribution in [-0.4, -0.2) is 107 Å². The van der Waals surface area contributed by atoms with E-state index in [-0.39, 0.29) is 0 Å². The van der Waals surface area contributed by atoms with Gasteiger partial charge < -0.3 is 0 Å². The van der Waals surface area contributed by atoms with Crippen LogP contribution >= 0.6 is 0 Å². The van der Waals surface area contributed by atoms with E-state index in [2.05, 4.69) is 0 Å². The predicted octanol–water partition coefficient (Wildman–Crippen LogP) is -4.95. The molecule has 2 heterocycles. The number of hydrogen-bond donors (Lipinski definition) is 0. The van der Waals surface area contributed by atoms with Crippen molar-refractivity contribution < 1.29 is 0 Å². The molecule has 0 atom stereocenters. The van der Waals surface area contributed by atoms with Crippen molar-refractivity contribution in [2.24, 2.45) is 0 Å². The molecule has 2 aliphatic heterocycles. The Morgan fingerprint density at radius 3 is 1.31 bits per heavy atom. The summed E-state index contributed by atoms with van der Waals surface area (Å²) in [4.78, 5) is 0. The van der Waals surface area contributed by atoms with Crippen molar-refractivity contribution in [3.63, 3.8) is 0 Å². The van der Waals surface area contributed by atoms with Crippen molar-refractivity contribution >= 4 is 107 Å². The second kappa shape index (κ2) is 6.96. The van der Waals surface area contributed by atoms with Gasteiger partial charge in [0.25, 0.3) is 0 Å². The fraction of sp³-hybridized carbons (Fsp3) is 0. The molecule has 0 aromatic heterocycles. The van der Waals surface area contributed by atoms with Crippen molar-refractivity contribution in [3.05, 3.63) is 0 Å². The lowest BCUT2D eigenvalue weighted by atomic mass is 10.6. The summed E-state index contributed by atoms with van der Waals surface area (Å²) in [5.41, 5.74) is 2.53. The molecule has 0 unspecified atom stereocenters. The van der Waals surface area contributed by atoms with E-state index < -0.39 is 0 Å². The standard InChI is InChI=1S/B2Si11/c3(1-4-8-12-9-5-1)2-6-10-13-11-7-2. The fourth-order valence-corrected chi connectivity index (χ4v) is 65.1. The van der Waals surface area contributed by atoms with Crippen molar-refractivity contribution in [1.82, 2.24) is 0 Å². The van der Waals surface area contributed by atoms with Crippen LogP contribution in [0, 0.1) is 0 Å². The first-order chi connectivity index (χ1) is 6.45. The number of hydrogen-bond acceptors (Lipinski definition) is 0. The maximum absolute atomic E-state index is 1.42. The molecule has 0 aromatic rings. The van der Waals surface area contributed by atoms with Crippen LogP contribution < -0.4 is 0 Å². The molecule has 0 saturated carbocycles. The highest BCUT2D eigenvalue weighted by Gasteiger charge is 2.26. The molecular formula is B2Si11. The molecule has 2 saturated heterocycles. The third-order valence-corrected chi connectivity index (χ3v) is 46.6. The third-order valence-electron chi connectivity index (χ3n) is 1.45. The molecule has 0 N–H and O–H groups in total. The van der Waals surface area contributed by atoms with E-state index in [1.165, 1.54) is 107 Å². The summed E-state index contributed by atoms with van der Waals surface area (Å²) in [7, 11) is 15.4. The Hall–Kier alpha value is 2.52. The SMILES string of the molecule is [Si]1[Si][Si]B([Si]B2[Si][Si][Si][Si][Si]2)[Si][Si]1. The second-order valence-electron chi connectivity index (χ2n) is 2.36. The van der Waals surface area contributed by atoms with Crippen LogP contribution in [0.3, 0.4) is 0 Å². The molecule has 0 nitrogen and oxygen atoms in total. The highest BCUT2D eigenvalue weighted by Crippen LogP contribution is 1.86. The average molecular weight is 331 g/mol. The summed E-state index contributed by atoms with van der Waals surface area (Å²) in [6.07, 6.45) is 0. The van der Waals surface area contributed by atoms with E-state index in [4.69, 9.17) is 0 Å². The van der Waals surface area contributed by atoms with Gasteiger partial charge in [-0.3, -0.25) is 0 Å². The van der Waals surface area contributed by atoms with Crippen LogP contribution in [-0.2, 0) is 0 Å². The van der Waals surface area contributed by atoms with Crippen molar-refractivity contribution in [3.8, 4) is 0 Å². The minimum atomic E-state index is 1.26. The normalized spacial score (nSPS) is 24.9. The molecule has 2 aliphatic rings. The van der Waals surface area contributed by atoms with E-state index in [0.29, 0.717) is 0 Å². The van der Waals surface area contributed by atoms with Gasteiger partial charge in [0.05, 0.1) is 11.0 Å². The van der Waals surface area contributed by atoms with Crippen LogP contribution in [0.4, 0.5) is 0 Å². The van der Waals surface area contributed by atoms with Crippen LogP contribution in [0.5, 0.6) is 0 Å². The first-order valence-corrected chi connectivity index (χ1v) is 23.2. The minimum absolute atomic E-state index is 1.26. The maximum Gasteiger partial charge on any atom is 0.0910 e. The van der Waals surface area contributed by atoms with Gasteiger partial charge in [0.1, 0.15) is 0 Å². The van der Waals surface area contributed by atoms with E-state index in [9.17, 15) is 0 Å². The van der Waals surface area contributed by atoms with Crippen molar-refractivity contribution in [2.75, 3.05) is 0 Å². The Labute approximate surface area is 106 Å². The average Bonchev–Trinajstić information content (AvgIpc) is 2.21. The van der Waals surface area contributed by atoms with Gasteiger partial charge in [-0.2, -0.15) is 0 Å². The zero-order valence-electron chi connectivity index (χ0n) is 6.65. The Bertz CT molecular complexity index is 119. The summed E-state index contributed by atoms with van der Waals surface area (Å²) in [6.45, 7) is 0. The highest BCUT2D eigenvalue weighted by molar-refractivity contribution is 8.00. The van der Waals surface area contributed by atoms with E-state index in [0.717, 1.165) is 0 Å².